The molecule has 8 nitrogen and oxygen atoms in total. The van der Waals surface area contributed by atoms with Crippen LogP contribution >= 0.6 is 24.8 Å². The van der Waals surface area contributed by atoms with Crippen LogP contribution in [0.5, 0.6) is 11.5 Å². The molecule has 2 aromatic rings. The lowest BCUT2D eigenvalue weighted by molar-refractivity contribution is -0.118. The number of halogens is 2. The molecular formula is C48H80Cl2N2O6. The zero-order valence-electron chi connectivity index (χ0n) is 37.1. The van der Waals surface area contributed by atoms with Gasteiger partial charge in [0, 0.05) is 43.1 Å². The van der Waals surface area contributed by atoms with Gasteiger partial charge in [0.05, 0.1) is 19.6 Å². The summed E-state index contributed by atoms with van der Waals surface area (Å²) in [7, 11) is 0. The van der Waals surface area contributed by atoms with Gasteiger partial charge in [-0.1, -0.05) is 80.1 Å². The molecule has 332 valence electrons. The molecule has 0 saturated carbocycles. The molecule has 1 N–H and O–H groups in total. The first-order valence-corrected chi connectivity index (χ1v) is 22.1. The Morgan fingerprint density at radius 3 is 1.28 bits per heavy atom. The average Bonchev–Trinajstić information content (AvgIpc) is 3.21. The maximum absolute atomic E-state index is 12.2. The minimum Gasteiger partial charge on any atom is -0.507 e. The molecule has 0 amide bonds. The van der Waals surface area contributed by atoms with E-state index in [1.807, 2.05) is 38.1 Å². The molecule has 0 aliphatic heterocycles. The normalized spacial score (nSPS) is 11.0. The highest BCUT2D eigenvalue weighted by Crippen LogP contribution is 2.18. The molecule has 58 heavy (non-hydrogen) atoms. The summed E-state index contributed by atoms with van der Waals surface area (Å²) in [4.78, 5) is 40.8. The van der Waals surface area contributed by atoms with Crippen molar-refractivity contribution in [2.75, 3.05) is 52.5 Å². The summed E-state index contributed by atoms with van der Waals surface area (Å²) in [6.07, 6.45) is 17.9. The molecule has 2 rings (SSSR count). The Hall–Kier alpha value is -2.91. The fourth-order valence-electron chi connectivity index (χ4n) is 6.02. The molecule has 0 aliphatic rings. The lowest BCUT2D eigenvalue weighted by Gasteiger charge is -2.21. The number of nitrogens with zero attached hydrogens (tertiary/aromatic N) is 2. The monoisotopic (exact) mass is 851 g/mol. The summed E-state index contributed by atoms with van der Waals surface area (Å²) in [5.41, 5.74) is 1.23. The zero-order valence-corrected chi connectivity index (χ0v) is 38.7. The van der Waals surface area contributed by atoms with E-state index in [0.29, 0.717) is 37.2 Å². The summed E-state index contributed by atoms with van der Waals surface area (Å²) >= 11 is 0. The molecule has 10 heteroatoms. The van der Waals surface area contributed by atoms with Crippen LogP contribution in [0.25, 0.3) is 5.76 Å². The predicted octanol–water partition coefficient (Wildman–Crippen LogP) is 12.5. The number of carbonyl (C=O) groups is 3. The van der Waals surface area contributed by atoms with Gasteiger partial charge in [0.15, 0.2) is 11.6 Å². The quantitative estimate of drug-likeness (QED) is 0.0249. The van der Waals surface area contributed by atoms with Crippen LogP contribution in [0.4, 0.5) is 0 Å². The van der Waals surface area contributed by atoms with Gasteiger partial charge in [0.25, 0.3) is 0 Å². The maximum Gasteiger partial charge on any atom is 0.170 e. The van der Waals surface area contributed by atoms with Crippen LogP contribution in [-0.2, 0) is 9.59 Å². The number of ether oxygens (including phenoxy) is 2. The highest BCUT2D eigenvalue weighted by atomic mass is 35.5. The summed E-state index contributed by atoms with van der Waals surface area (Å²) < 4.78 is 11.7. The molecule has 0 fully saturated rings. The Labute approximate surface area is 365 Å². The van der Waals surface area contributed by atoms with Gasteiger partial charge in [-0.25, -0.2) is 0 Å². The van der Waals surface area contributed by atoms with Crippen LogP contribution < -0.4 is 9.47 Å². The van der Waals surface area contributed by atoms with Crippen LogP contribution in [0.1, 0.15) is 167 Å². The number of hydrogen-bond donors (Lipinski definition) is 1. The number of allylic oxidation sites excluding steroid dienone is 1. The fraction of sp³-hybridized carbons (Fsp3) is 0.646. The third kappa shape index (κ3) is 28.5. The number of Topliss-reactive ketones (excluding diaryl/α,β-unsaturated/α-hetero) is 2. The van der Waals surface area contributed by atoms with E-state index in [-0.39, 0.29) is 54.3 Å². The van der Waals surface area contributed by atoms with Gasteiger partial charge in [0.1, 0.15) is 23.0 Å². The molecule has 0 unspecified atom stereocenters. The van der Waals surface area contributed by atoms with E-state index in [1.165, 1.54) is 83.6 Å². The number of unbranched alkanes of at least 4 members (excludes halogenated alkanes) is 6. The first-order valence-electron chi connectivity index (χ1n) is 22.1. The van der Waals surface area contributed by atoms with E-state index in [1.54, 1.807) is 24.3 Å². The second-order valence-electron chi connectivity index (χ2n) is 14.9. The third-order valence-corrected chi connectivity index (χ3v) is 9.65. The molecule has 0 spiro atoms. The summed E-state index contributed by atoms with van der Waals surface area (Å²) in [6.45, 7) is 21.2. The number of carbonyl (C=O) groups excluding carboxylic acids is 3. The van der Waals surface area contributed by atoms with E-state index in [2.05, 4.69) is 37.5 Å². The van der Waals surface area contributed by atoms with Crippen molar-refractivity contribution in [1.29, 1.82) is 0 Å². The topological polar surface area (TPSA) is 96.4 Å². The lowest BCUT2D eigenvalue weighted by atomic mass is 10.0. The Kier molecular flexibility index (Phi) is 37.8. The molecule has 0 radical (unpaired) electrons. The number of ketones is 3. The fourth-order valence-corrected chi connectivity index (χ4v) is 6.02. The molecule has 2 aromatic carbocycles. The van der Waals surface area contributed by atoms with E-state index < -0.39 is 0 Å². The van der Waals surface area contributed by atoms with E-state index in [0.717, 1.165) is 63.1 Å². The minimum atomic E-state index is -0.102. The van der Waals surface area contributed by atoms with Crippen molar-refractivity contribution in [1.82, 2.24) is 9.80 Å². The number of rotatable bonds is 33. The zero-order chi connectivity index (χ0) is 41.2. The number of hydrogen-bond acceptors (Lipinski definition) is 8. The Bertz CT molecular complexity index is 1320. The molecule has 0 aromatic heterocycles. The van der Waals surface area contributed by atoms with Gasteiger partial charge >= 0.3 is 0 Å². The number of aliphatic hydroxyl groups is 1. The molecular weight excluding hydrogens is 771 g/mol. The van der Waals surface area contributed by atoms with Crippen molar-refractivity contribution in [2.45, 2.75) is 151 Å². The van der Waals surface area contributed by atoms with Crippen molar-refractivity contribution < 1.29 is 29.0 Å². The molecule has 0 saturated heterocycles. The standard InChI is InChI=1S/2C24H39NO3.2ClH/c2*1-4-7-11-22(26)20-24(27)21-12-14-23(15-13-21)28-19-10-18-25(16-8-5-2)17-9-6-3;;/h12-15H,4-11,16-20H2,1-3H3;12-15,20,27H,4-11,16-19H2,1-3H3;2*1H. The van der Waals surface area contributed by atoms with E-state index in [9.17, 15) is 19.5 Å². The third-order valence-electron chi connectivity index (χ3n) is 9.65. The Morgan fingerprint density at radius 1 is 0.517 bits per heavy atom. The van der Waals surface area contributed by atoms with Crippen LogP contribution in [0, 0.1) is 0 Å². The van der Waals surface area contributed by atoms with Crippen molar-refractivity contribution in [3.8, 4) is 11.5 Å². The first-order chi connectivity index (χ1) is 27.2. The predicted molar refractivity (Wildman–Crippen MR) is 249 cm³/mol. The molecule has 0 bridgehead atoms. The van der Waals surface area contributed by atoms with Crippen molar-refractivity contribution >= 4 is 47.9 Å². The molecule has 0 heterocycles. The average molecular weight is 852 g/mol. The summed E-state index contributed by atoms with van der Waals surface area (Å²) in [5, 5.41) is 10.1. The van der Waals surface area contributed by atoms with Crippen LogP contribution in [-0.4, -0.2) is 84.7 Å². The van der Waals surface area contributed by atoms with Gasteiger partial charge in [-0.3, -0.25) is 14.4 Å². The van der Waals surface area contributed by atoms with Crippen molar-refractivity contribution in [3.63, 3.8) is 0 Å². The lowest BCUT2D eigenvalue weighted by Crippen LogP contribution is -2.28. The smallest absolute Gasteiger partial charge is 0.170 e. The van der Waals surface area contributed by atoms with Crippen molar-refractivity contribution in [2.24, 2.45) is 0 Å². The largest absolute Gasteiger partial charge is 0.507 e. The number of aliphatic hydroxyl groups excluding tert-OH is 1. The highest BCUT2D eigenvalue weighted by Gasteiger charge is 2.12. The van der Waals surface area contributed by atoms with Gasteiger partial charge in [-0.2, -0.15) is 0 Å². The minimum absolute atomic E-state index is 0. The highest BCUT2D eigenvalue weighted by molar-refractivity contribution is 6.08. The second kappa shape index (κ2) is 38.3. The maximum atomic E-state index is 12.2. The van der Waals surface area contributed by atoms with Gasteiger partial charge in [0.2, 0.25) is 0 Å². The summed E-state index contributed by atoms with van der Waals surface area (Å²) in [5.74, 6) is 1.49. The van der Waals surface area contributed by atoms with Crippen LogP contribution in [0.3, 0.4) is 0 Å². The molecule has 0 aliphatic carbocycles. The second-order valence-corrected chi connectivity index (χ2v) is 14.9. The number of benzene rings is 2. The van der Waals surface area contributed by atoms with E-state index in [4.69, 9.17) is 9.47 Å². The Balaban J connectivity index is 0. The Morgan fingerprint density at radius 2 is 0.879 bits per heavy atom. The van der Waals surface area contributed by atoms with Crippen LogP contribution in [0.2, 0.25) is 0 Å². The van der Waals surface area contributed by atoms with Crippen molar-refractivity contribution in [3.05, 3.63) is 65.7 Å². The van der Waals surface area contributed by atoms with Gasteiger partial charge < -0.3 is 24.4 Å². The van der Waals surface area contributed by atoms with Gasteiger partial charge in [-0.05, 0) is 126 Å². The van der Waals surface area contributed by atoms with Gasteiger partial charge in [-0.15, -0.1) is 24.8 Å². The molecule has 0 atom stereocenters. The van der Waals surface area contributed by atoms with Crippen LogP contribution in [0.15, 0.2) is 54.6 Å². The SMILES string of the molecule is CCCCC(=O)C=C(O)c1ccc(OCCCN(CCCC)CCCC)cc1.CCCCC(=O)CC(=O)c1ccc(OCCCN(CCCC)CCCC)cc1.Cl.Cl. The summed E-state index contributed by atoms with van der Waals surface area (Å²) in [6, 6.07) is 14.5. The first kappa shape index (κ1) is 57.2. The van der Waals surface area contributed by atoms with E-state index >= 15 is 0 Å².